The highest BCUT2D eigenvalue weighted by Gasteiger charge is 2.22. The van der Waals surface area contributed by atoms with Gasteiger partial charge in [-0.3, -0.25) is 0 Å². The van der Waals surface area contributed by atoms with Crippen molar-refractivity contribution >= 4 is 0 Å². The van der Waals surface area contributed by atoms with Crippen molar-refractivity contribution in [3.05, 3.63) is 22.8 Å². The molecule has 0 saturated heterocycles. The molecule has 1 heterocycles. The number of hydrogen-bond acceptors (Lipinski definition) is 4. The average molecular weight is 263 g/mol. The molecule has 1 atom stereocenters. The van der Waals surface area contributed by atoms with Gasteiger partial charge in [0.05, 0.1) is 0 Å². The maximum absolute atomic E-state index is 5.08. The highest BCUT2D eigenvalue weighted by molar-refractivity contribution is 5.28. The molecule has 1 aliphatic rings. The molecule has 0 fully saturated rings. The van der Waals surface area contributed by atoms with Gasteiger partial charge in [0, 0.05) is 31.5 Å². The molecular formula is C15H25N3O. The van der Waals surface area contributed by atoms with Gasteiger partial charge >= 0.3 is 0 Å². The highest BCUT2D eigenvalue weighted by Crippen LogP contribution is 2.26. The van der Waals surface area contributed by atoms with Gasteiger partial charge in [0.15, 0.2) is 0 Å². The Morgan fingerprint density at radius 3 is 2.95 bits per heavy atom. The fourth-order valence-corrected chi connectivity index (χ4v) is 2.87. The number of aromatic nitrogens is 2. The molecule has 0 amide bonds. The normalized spacial score (nSPS) is 18.4. The molecule has 0 bridgehead atoms. The van der Waals surface area contributed by atoms with Gasteiger partial charge in [0.2, 0.25) is 0 Å². The minimum absolute atomic E-state index is 0.735. The fraction of sp³-hybridized carbons (Fsp3) is 0.733. The second kappa shape index (κ2) is 6.96. The van der Waals surface area contributed by atoms with Gasteiger partial charge < -0.3 is 10.1 Å². The van der Waals surface area contributed by atoms with Crippen LogP contribution in [-0.4, -0.2) is 37.3 Å². The van der Waals surface area contributed by atoms with Gasteiger partial charge in [-0.1, -0.05) is 0 Å². The summed E-state index contributed by atoms with van der Waals surface area (Å²) < 4.78 is 5.08. The number of methoxy groups -OCH3 is 1. The second-order valence-electron chi connectivity index (χ2n) is 5.41. The lowest BCUT2D eigenvalue weighted by atomic mass is 9.85. The van der Waals surface area contributed by atoms with Crippen LogP contribution in [0, 0.1) is 12.8 Å². The lowest BCUT2D eigenvalue weighted by Crippen LogP contribution is -2.26. The molecule has 2 rings (SSSR count). The van der Waals surface area contributed by atoms with E-state index in [1.807, 2.05) is 7.05 Å². The van der Waals surface area contributed by atoms with Crippen molar-refractivity contribution in [2.45, 2.75) is 39.0 Å². The Morgan fingerprint density at radius 1 is 1.37 bits per heavy atom. The van der Waals surface area contributed by atoms with Crippen LogP contribution >= 0.6 is 0 Å². The number of aryl methyl sites for hydroxylation is 3. The van der Waals surface area contributed by atoms with Crippen LogP contribution in [0.4, 0.5) is 0 Å². The van der Waals surface area contributed by atoms with Crippen LogP contribution in [0.5, 0.6) is 0 Å². The molecule has 19 heavy (non-hydrogen) atoms. The maximum Gasteiger partial charge on any atom is 0.128 e. The third kappa shape index (κ3) is 3.74. The van der Waals surface area contributed by atoms with Gasteiger partial charge in [0.25, 0.3) is 0 Å². The van der Waals surface area contributed by atoms with Gasteiger partial charge in [-0.05, 0) is 57.7 Å². The molecule has 1 aromatic heterocycles. The van der Waals surface area contributed by atoms with E-state index in [1.165, 1.54) is 23.4 Å². The lowest BCUT2D eigenvalue weighted by Gasteiger charge is -2.25. The molecule has 0 aliphatic heterocycles. The summed E-state index contributed by atoms with van der Waals surface area (Å²) in [4.78, 5) is 9.42. The first-order valence-electron chi connectivity index (χ1n) is 7.23. The number of fused-ring (bicyclic) bond motifs is 1. The van der Waals surface area contributed by atoms with Crippen molar-refractivity contribution in [3.8, 4) is 0 Å². The number of rotatable bonds is 6. The van der Waals surface area contributed by atoms with Crippen LogP contribution in [-0.2, 0) is 24.0 Å². The molecule has 0 spiro atoms. The Hall–Kier alpha value is -1.00. The van der Waals surface area contributed by atoms with E-state index in [2.05, 4.69) is 17.2 Å². The first kappa shape index (κ1) is 14.4. The standard InChI is InChI=1S/C15H25N3O/c1-11-13-9-12(10-16-2)6-7-14(13)18-15(17-11)5-4-8-19-3/h12,16H,4-10H2,1-3H3. The predicted molar refractivity (Wildman–Crippen MR) is 76.4 cm³/mol. The number of nitrogens with one attached hydrogen (secondary N) is 1. The average Bonchev–Trinajstić information content (AvgIpc) is 2.40. The summed E-state index contributed by atoms with van der Waals surface area (Å²) >= 11 is 0. The molecule has 0 saturated carbocycles. The zero-order chi connectivity index (χ0) is 13.7. The van der Waals surface area contributed by atoms with Crippen molar-refractivity contribution in [1.82, 2.24) is 15.3 Å². The van der Waals surface area contributed by atoms with Crippen LogP contribution in [0.25, 0.3) is 0 Å². The molecule has 0 radical (unpaired) electrons. The van der Waals surface area contributed by atoms with Crippen LogP contribution in [0.3, 0.4) is 0 Å². The van der Waals surface area contributed by atoms with Crippen molar-refractivity contribution in [1.29, 1.82) is 0 Å². The first-order chi connectivity index (χ1) is 9.24. The topological polar surface area (TPSA) is 47.0 Å². The molecule has 106 valence electrons. The van der Waals surface area contributed by atoms with Crippen molar-refractivity contribution in [2.24, 2.45) is 5.92 Å². The van der Waals surface area contributed by atoms with E-state index in [0.717, 1.165) is 50.6 Å². The van der Waals surface area contributed by atoms with Crippen LogP contribution in [0.2, 0.25) is 0 Å². The van der Waals surface area contributed by atoms with Crippen LogP contribution in [0.15, 0.2) is 0 Å². The van der Waals surface area contributed by atoms with Gasteiger partial charge in [0.1, 0.15) is 5.82 Å². The van der Waals surface area contributed by atoms with E-state index in [1.54, 1.807) is 7.11 Å². The van der Waals surface area contributed by atoms with Crippen LogP contribution < -0.4 is 5.32 Å². The van der Waals surface area contributed by atoms with Crippen molar-refractivity contribution < 1.29 is 4.74 Å². The van der Waals surface area contributed by atoms with Crippen molar-refractivity contribution in [3.63, 3.8) is 0 Å². The zero-order valence-electron chi connectivity index (χ0n) is 12.3. The lowest BCUT2D eigenvalue weighted by molar-refractivity contribution is 0.194. The Labute approximate surface area is 116 Å². The molecule has 0 aromatic carbocycles. The SMILES string of the molecule is CNCC1CCc2nc(CCCOC)nc(C)c2C1. The Balaban J connectivity index is 2.08. The van der Waals surface area contributed by atoms with Crippen LogP contribution in [0.1, 0.15) is 35.6 Å². The fourth-order valence-electron chi connectivity index (χ4n) is 2.87. The van der Waals surface area contributed by atoms with Gasteiger partial charge in [-0.15, -0.1) is 0 Å². The molecule has 1 unspecified atom stereocenters. The Bertz CT molecular complexity index is 420. The summed E-state index contributed by atoms with van der Waals surface area (Å²) in [6.07, 6.45) is 5.38. The summed E-state index contributed by atoms with van der Waals surface area (Å²) in [5.41, 5.74) is 3.85. The third-order valence-corrected chi connectivity index (χ3v) is 3.87. The highest BCUT2D eigenvalue weighted by atomic mass is 16.5. The second-order valence-corrected chi connectivity index (χ2v) is 5.41. The summed E-state index contributed by atoms with van der Waals surface area (Å²) in [6.45, 7) is 4.00. The summed E-state index contributed by atoms with van der Waals surface area (Å²) in [6, 6.07) is 0. The minimum Gasteiger partial charge on any atom is -0.385 e. The van der Waals surface area contributed by atoms with E-state index in [-0.39, 0.29) is 0 Å². The number of nitrogens with zero attached hydrogens (tertiary/aromatic N) is 2. The predicted octanol–water partition coefficient (Wildman–Crippen LogP) is 1.69. The third-order valence-electron chi connectivity index (χ3n) is 3.87. The van der Waals surface area contributed by atoms with E-state index >= 15 is 0 Å². The smallest absolute Gasteiger partial charge is 0.128 e. The summed E-state index contributed by atoms with van der Waals surface area (Å²) in [5.74, 6) is 1.72. The minimum atomic E-state index is 0.735. The first-order valence-corrected chi connectivity index (χ1v) is 7.23. The molecule has 4 nitrogen and oxygen atoms in total. The quantitative estimate of drug-likeness (QED) is 0.793. The number of ether oxygens (including phenoxy) is 1. The van der Waals surface area contributed by atoms with Gasteiger partial charge in [-0.25, -0.2) is 9.97 Å². The zero-order valence-corrected chi connectivity index (χ0v) is 12.3. The molecule has 1 aliphatic carbocycles. The van der Waals surface area contributed by atoms with Gasteiger partial charge in [-0.2, -0.15) is 0 Å². The van der Waals surface area contributed by atoms with E-state index in [4.69, 9.17) is 9.72 Å². The monoisotopic (exact) mass is 263 g/mol. The summed E-state index contributed by atoms with van der Waals surface area (Å²) in [5, 5.41) is 3.28. The number of hydrogen-bond donors (Lipinski definition) is 1. The molecule has 1 N–H and O–H groups in total. The summed E-state index contributed by atoms with van der Waals surface area (Å²) in [7, 11) is 3.76. The Morgan fingerprint density at radius 2 is 2.21 bits per heavy atom. The van der Waals surface area contributed by atoms with E-state index in [9.17, 15) is 0 Å². The Kier molecular flexibility index (Phi) is 5.28. The molecule has 4 heteroatoms. The molecular weight excluding hydrogens is 238 g/mol. The molecule has 1 aromatic rings. The maximum atomic E-state index is 5.08. The van der Waals surface area contributed by atoms with Crippen molar-refractivity contribution in [2.75, 3.05) is 27.3 Å². The largest absolute Gasteiger partial charge is 0.385 e. The van der Waals surface area contributed by atoms with E-state index in [0.29, 0.717) is 0 Å². The van der Waals surface area contributed by atoms with E-state index < -0.39 is 0 Å².